The molecule has 0 saturated carbocycles. The number of carbonyl (C=O) groups is 1. The van der Waals surface area contributed by atoms with Gasteiger partial charge in [-0.3, -0.25) is 4.79 Å². The fourth-order valence-electron chi connectivity index (χ4n) is 3.46. The number of rotatable bonds is 6. The van der Waals surface area contributed by atoms with E-state index in [4.69, 9.17) is 25.6 Å². The zero-order chi connectivity index (χ0) is 21.4. The van der Waals surface area contributed by atoms with Crippen LogP contribution in [-0.2, 0) is 18.8 Å². The first kappa shape index (κ1) is 21.9. The third-order valence-electron chi connectivity index (χ3n) is 5.71. The highest BCUT2D eigenvalue weighted by molar-refractivity contribution is 6.48. The molecular formula is C21H28BClN2O4. The molecule has 0 spiro atoms. The topological polar surface area (TPSA) is 62.6 Å². The summed E-state index contributed by atoms with van der Waals surface area (Å²) < 4.78 is 19.4. The van der Waals surface area contributed by atoms with Gasteiger partial charge in [0.15, 0.2) is 0 Å². The summed E-state index contributed by atoms with van der Waals surface area (Å²) in [4.78, 5) is 12.4. The normalized spacial score (nSPS) is 18.7. The Bertz CT molecular complexity index is 866. The molecule has 0 radical (unpaired) electrons. The molecule has 1 aromatic heterocycles. The number of esters is 1. The van der Waals surface area contributed by atoms with Crippen molar-refractivity contribution in [3.63, 3.8) is 0 Å². The minimum atomic E-state index is -0.644. The summed E-state index contributed by atoms with van der Waals surface area (Å²) in [5.74, 6) is -0.768. The summed E-state index contributed by atoms with van der Waals surface area (Å²) in [5.41, 5.74) is 1.25. The number of aromatic nitrogens is 2. The second kappa shape index (κ2) is 8.13. The zero-order valence-corrected chi connectivity index (χ0v) is 18.6. The van der Waals surface area contributed by atoms with E-state index < -0.39 is 24.1 Å². The van der Waals surface area contributed by atoms with Crippen LogP contribution in [0.3, 0.4) is 0 Å². The molecule has 1 aliphatic rings. The number of halogens is 1. The van der Waals surface area contributed by atoms with Crippen molar-refractivity contribution in [2.45, 2.75) is 65.0 Å². The van der Waals surface area contributed by atoms with Gasteiger partial charge >= 0.3 is 13.1 Å². The number of nitrogens with zero attached hydrogens (tertiary/aromatic N) is 2. The van der Waals surface area contributed by atoms with Gasteiger partial charge in [-0.05, 0) is 53.7 Å². The van der Waals surface area contributed by atoms with Crippen LogP contribution in [0.4, 0.5) is 0 Å². The van der Waals surface area contributed by atoms with Crippen LogP contribution in [-0.4, -0.2) is 40.7 Å². The van der Waals surface area contributed by atoms with Gasteiger partial charge in [0.05, 0.1) is 35.6 Å². The predicted molar refractivity (Wildman–Crippen MR) is 113 cm³/mol. The molecule has 6 nitrogen and oxygen atoms in total. The summed E-state index contributed by atoms with van der Waals surface area (Å²) >= 11 is 6.78. The molecule has 1 atom stereocenters. The first-order valence-corrected chi connectivity index (χ1v) is 10.3. The van der Waals surface area contributed by atoms with Gasteiger partial charge in [-0.25, -0.2) is 4.68 Å². The van der Waals surface area contributed by atoms with Crippen LogP contribution in [0.2, 0.25) is 5.15 Å². The summed E-state index contributed by atoms with van der Waals surface area (Å²) in [6, 6.07) is 9.64. The lowest BCUT2D eigenvalue weighted by Crippen LogP contribution is -2.41. The lowest BCUT2D eigenvalue weighted by Gasteiger charge is -2.32. The number of hydrogen-bond donors (Lipinski definition) is 0. The summed E-state index contributed by atoms with van der Waals surface area (Å²) in [6.07, 6.45) is 0.0890. The fraction of sp³-hybridized carbons (Fsp3) is 0.524. The summed E-state index contributed by atoms with van der Waals surface area (Å²) in [7, 11) is -0.644. The minimum absolute atomic E-state index is 0.0890. The van der Waals surface area contributed by atoms with Crippen LogP contribution >= 0.6 is 11.6 Å². The highest BCUT2D eigenvalue weighted by Gasteiger charge is 2.55. The van der Waals surface area contributed by atoms with Crippen molar-refractivity contribution in [3.05, 3.63) is 46.7 Å². The van der Waals surface area contributed by atoms with Crippen molar-refractivity contribution in [2.75, 3.05) is 6.61 Å². The van der Waals surface area contributed by atoms with E-state index in [2.05, 4.69) is 5.10 Å². The Balaban J connectivity index is 2.04. The van der Waals surface area contributed by atoms with Gasteiger partial charge in [-0.15, -0.1) is 0 Å². The minimum Gasteiger partial charge on any atom is -0.466 e. The number of benzene rings is 1. The molecule has 0 N–H and O–H groups in total. The number of para-hydroxylation sites is 1. The van der Waals surface area contributed by atoms with Gasteiger partial charge in [-0.2, -0.15) is 5.10 Å². The number of carbonyl (C=O) groups excluding carboxylic acids is 1. The van der Waals surface area contributed by atoms with E-state index >= 15 is 0 Å². The van der Waals surface area contributed by atoms with Crippen molar-refractivity contribution in [1.29, 1.82) is 0 Å². The molecule has 29 heavy (non-hydrogen) atoms. The number of ether oxygens (including phenoxy) is 1. The van der Waals surface area contributed by atoms with Crippen LogP contribution in [0.1, 0.15) is 58.1 Å². The van der Waals surface area contributed by atoms with E-state index in [-0.39, 0.29) is 12.4 Å². The Hall–Kier alpha value is -1.83. The van der Waals surface area contributed by atoms with E-state index in [0.29, 0.717) is 11.8 Å². The molecule has 0 bridgehead atoms. The van der Waals surface area contributed by atoms with Gasteiger partial charge in [0.25, 0.3) is 0 Å². The maximum absolute atomic E-state index is 12.4. The van der Waals surface area contributed by atoms with Crippen molar-refractivity contribution < 1.29 is 18.8 Å². The number of aryl methyl sites for hydroxylation is 1. The first-order chi connectivity index (χ1) is 13.6. The van der Waals surface area contributed by atoms with E-state index in [1.807, 2.05) is 65.0 Å². The quantitative estimate of drug-likeness (QED) is 0.510. The maximum atomic E-state index is 12.4. The molecule has 1 saturated heterocycles. The van der Waals surface area contributed by atoms with Crippen LogP contribution in [0.25, 0.3) is 5.69 Å². The van der Waals surface area contributed by atoms with E-state index in [9.17, 15) is 4.79 Å². The molecule has 0 amide bonds. The Morgan fingerprint density at radius 1 is 1.21 bits per heavy atom. The second-order valence-electron chi connectivity index (χ2n) is 8.28. The van der Waals surface area contributed by atoms with E-state index in [1.54, 1.807) is 11.6 Å². The third-order valence-corrected chi connectivity index (χ3v) is 6.08. The average Bonchev–Trinajstić information content (AvgIpc) is 3.05. The highest BCUT2D eigenvalue weighted by Crippen LogP contribution is 2.44. The van der Waals surface area contributed by atoms with Crippen LogP contribution in [0, 0.1) is 6.92 Å². The van der Waals surface area contributed by atoms with Gasteiger partial charge in [-0.1, -0.05) is 29.8 Å². The standard InChI is InChI=1S/C21H28BClN2O4/c1-7-27-17(26)13-16(22-28-20(3,4)21(5,6)29-22)18-14(2)24-25(19(18)23)15-11-9-8-10-12-15/h8-12,16H,7,13H2,1-6H3. The second-order valence-corrected chi connectivity index (χ2v) is 8.64. The molecule has 8 heteroatoms. The number of hydrogen-bond acceptors (Lipinski definition) is 5. The van der Waals surface area contributed by atoms with Crippen LogP contribution in [0.15, 0.2) is 30.3 Å². The Morgan fingerprint density at radius 2 is 1.79 bits per heavy atom. The van der Waals surface area contributed by atoms with E-state index in [1.165, 1.54) is 0 Å². The fourth-order valence-corrected chi connectivity index (χ4v) is 3.87. The molecular weight excluding hydrogens is 391 g/mol. The third kappa shape index (κ3) is 4.22. The van der Waals surface area contributed by atoms with Crippen molar-refractivity contribution in [1.82, 2.24) is 9.78 Å². The monoisotopic (exact) mass is 418 g/mol. The van der Waals surface area contributed by atoms with Gasteiger partial charge < -0.3 is 14.0 Å². The van der Waals surface area contributed by atoms with Crippen LogP contribution in [0.5, 0.6) is 0 Å². The zero-order valence-electron chi connectivity index (χ0n) is 17.9. The van der Waals surface area contributed by atoms with Gasteiger partial charge in [0.1, 0.15) is 5.15 Å². The highest BCUT2D eigenvalue weighted by atomic mass is 35.5. The molecule has 3 rings (SSSR count). The lowest BCUT2D eigenvalue weighted by atomic mass is 9.66. The molecule has 156 valence electrons. The molecule has 2 heterocycles. The van der Waals surface area contributed by atoms with E-state index in [0.717, 1.165) is 16.9 Å². The SMILES string of the molecule is CCOC(=O)CC(B1OC(C)(C)C(C)(C)O1)c1c(C)nn(-c2ccccc2)c1Cl. The van der Waals surface area contributed by atoms with Crippen molar-refractivity contribution >= 4 is 24.7 Å². The van der Waals surface area contributed by atoms with Crippen molar-refractivity contribution in [2.24, 2.45) is 0 Å². The molecule has 1 aliphatic heterocycles. The lowest BCUT2D eigenvalue weighted by molar-refractivity contribution is -0.143. The predicted octanol–water partition coefficient (Wildman–Crippen LogP) is 4.50. The summed E-state index contributed by atoms with van der Waals surface area (Å²) in [5, 5.41) is 5.06. The first-order valence-electron chi connectivity index (χ1n) is 9.89. The Morgan fingerprint density at radius 3 is 2.34 bits per heavy atom. The summed E-state index contributed by atoms with van der Waals surface area (Å²) in [6.45, 7) is 11.9. The van der Waals surface area contributed by atoms with Crippen molar-refractivity contribution in [3.8, 4) is 5.69 Å². The maximum Gasteiger partial charge on any atom is 0.466 e. The van der Waals surface area contributed by atoms with Gasteiger partial charge in [0.2, 0.25) is 0 Å². The molecule has 2 aromatic rings. The Kier molecular flexibility index (Phi) is 6.13. The molecule has 1 unspecified atom stereocenters. The molecule has 0 aliphatic carbocycles. The van der Waals surface area contributed by atoms with Gasteiger partial charge in [0, 0.05) is 11.4 Å². The smallest absolute Gasteiger partial charge is 0.466 e. The Labute approximate surface area is 177 Å². The molecule has 1 aromatic carbocycles. The average molecular weight is 419 g/mol. The van der Waals surface area contributed by atoms with Crippen LogP contribution < -0.4 is 0 Å². The largest absolute Gasteiger partial charge is 0.466 e. The molecule has 1 fully saturated rings.